The molecular weight excluding hydrogens is 224 g/mol. The van der Waals surface area contributed by atoms with Crippen LogP contribution in [0.1, 0.15) is 17.7 Å². The summed E-state index contributed by atoms with van der Waals surface area (Å²) in [5.41, 5.74) is 4.21. The SMILES string of the molecule is CNC1CCc2c(c3cccc(OC)c3n2C)C1. The zero-order valence-electron chi connectivity index (χ0n) is 11.3. The van der Waals surface area contributed by atoms with Gasteiger partial charge in [-0.25, -0.2) is 0 Å². The highest BCUT2D eigenvalue weighted by Gasteiger charge is 2.24. The molecule has 0 amide bonds. The molecule has 0 fully saturated rings. The fourth-order valence-corrected chi connectivity index (χ4v) is 3.22. The first-order chi connectivity index (χ1) is 8.76. The van der Waals surface area contributed by atoms with Gasteiger partial charge in [-0.05, 0) is 37.9 Å². The summed E-state index contributed by atoms with van der Waals surface area (Å²) in [6.07, 6.45) is 3.49. The van der Waals surface area contributed by atoms with E-state index in [4.69, 9.17) is 4.74 Å². The standard InChI is InChI=1S/C15H20N2O/c1-16-10-7-8-13-12(9-10)11-5-4-6-14(18-3)15(11)17(13)2/h4-6,10,16H,7-9H2,1-3H3. The lowest BCUT2D eigenvalue weighted by Gasteiger charge is -2.22. The summed E-state index contributed by atoms with van der Waals surface area (Å²) >= 11 is 0. The van der Waals surface area contributed by atoms with Gasteiger partial charge < -0.3 is 14.6 Å². The fourth-order valence-electron chi connectivity index (χ4n) is 3.22. The second kappa shape index (κ2) is 4.32. The third-order valence-corrected chi connectivity index (χ3v) is 4.22. The molecule has 3 rings (SSSR count). The molecule has 1 aliphatic rings. The number of rotatable bonds is 2. The zero-order chi connectivity index (χ0) is 12.7. The van der Waals surface area contributed by atoms with Crippen molar-refractivity contribution in [2.24, 2.45) is 7.05 Å². The molecule has 2 aromatic rings. The molecule has 3 nitrogen and oxygen atoms in total. The zero-order valence-corrected chi connectivity index (χ0v) is 11.3. The Morgan fingerprint density at radius 1 is 1.39 bits per heavy atom. The van der Waals surface area contributed by atoms with Gasteiger partial charge in [-0.1, -0.05) is 12.1 Å². The van der Waals surface area contributed by atoms with E-state index in [1.54, 1.807) is 7.11 Å². The minimum absolute atomic E-state index is 0.606. The number of aromatic nitrogens is 1. The van der Waals surface area contributed by atoms with E-state index in [9.17, 15) is 0 Å². The highest BCUT2D eigenvalue weighted by molar-refractivity contribution is 5.90. The number of benzene rings is 1. The maximum Gasteiger partial charge on any atom is 0.143 e. The van der Waals surface area contributed by atoms with Crippen LogP contribution in [0.4, 0.5) is 0 Å². The first-order valence-corrected chi connectivity index (χ1v) is 6.56. The van der Waals surface area contributed by atoms with E-state index in [0.29, 0.717) is 6.04 Å². The van der Waals surface area contributed by atoms with Crippen molar-refractivity contribution in [1.82, 2.24) is 9.88 Å². The molecule has 0 radical (unpaired) electrons. The van der Waals surface area contributed by atoms with Crippen molar-refractivity contribution < 1.29 is 4.74 Å². The number of likely N-dealkylation sites (N-methyl/N-ethyl adjacent to an activating group) is 1. The molecule has 0 saturated carbocycles. The van der Waals surface area contributed by atoms with Crippen LogP contribution in [0.15, 0.2) is 18.2 Å². The Kier molecular flexibility index (Phi) is 2.78. The molecule has 96 valence electrons. The van der Waals surface area contributed by atoms with Crippen LogP contribution in [0, 0.1) is 0 Å². The first kappa shape index (κ1) is 11.6. The van der Waals surface area contributed by atoms with E-state index in [-0.39, 0.29) is 0 Å². The van der Waals surface area contributed by atoms with Crippen LogP contribution in [-0.2, 0) is 19.9 Å². The van der Waals surface area contributed by atoms with Crippen LogP contribution in [0.3, 0.4) is 0 Å². The predicted molar refractivity (Wildman–Crippen MR) is 74.3 cm³/mol. The summed E-state index contributed by atoms with van der Waals surface area (Å²) in [5.74, 6) is 0.977. The molecule has 0 bridgehead atoms. The van der Waals surface area contributed by atoms with E-state index in [0.717, 1.165) is 18.6 Å². The van der Waals surface area contributed by atoms with Crippen LogP contribution in [0.25, 0.3) is 10.9 Å². The molecule has 1 aliphatic carbocycles. The Morgan fingerprint density at radius 3 is 2.94 bits per heavy atom. The van der Waals surface area contributed by atoms with E-state index in [1.165, 1.54) is 28.6 Å². The van der Waals surface area contributed by atoms with Crippen molar-refractivity contribution in [3.8, 4) is 5.75 Å². The first-order valence-electron chi connectivity index (χ1n) is 6.56. The summed E-state index contributed by atoms with van der Waals surface area (Å²) in [5, 5.41) is 4.76. The summed E-state index contributed by atoms with van der Waals surface area (Å²) in [4.78, 5) is 0. The second-order valence-corrected chi connectivity index (χ2v) is 5.07. The average Bonchev–Trinajstić information content (AvgIpc) is 2.72. The minimum atomic E-state index is 0.606. The molecule has 3 heteroatoms. The van der Waals surface area contributed by atoms with Crippen molar-refractivity contribution in [1.29, 1.82) is 0 Å². The molecule has 1 unspecified atom stereocenters. The number of nitrogens with one attached hydrogen (secondary N) is 1. The molecule has 0 saturated heterocycles. The Morgan fingerprint density at radius 2 is 2.22 bits per heavy atom. The lowest BCUT2D eigenvalue weighted by molar-refractivity contribution is 0.417. The quantitative estimate of drug-likeness (QED) is 0.877. The van der Waals surface area contributed by atoms with Gasteiger partial charge in [0, 0.05) is 24.2 Å². The Labute approximate surface area is 108 Å². The second-order valence-electron chi connectivity index (χ2n) is 5.07. The van der Waals surface area contributed by atoms with Crippen molar-refractivity contribution >= 4 is 10.9 Å². The molecule has 1 aromatic heterocycles. The number of hydrogen-bond donors (Lipinski definition) is 1. The highest BCUT2D eigenvalue weighted by atomic mass is 16.5. The summed E-state index contributed by atoms with van der Waals surface area (Å²) < 4.78 is 7.82. The van der Waals surface area contributed by atoms with Crippen molar-refractivity contribution in [3.63, 3.8) is 0 Å². The lowest BCUT2D eigenvalue weighted by atomic mass is 9.91. The summed E-state index contributed by atoms with van der Waals surface area (Å²) in [7, 11) is 5.96. The number of aryl methyl sites for hydroxylation is 1. The molecule has 0 spiro atoms. The number of nitrogens with zero attached hydrogens (tertiary/aromatic N) is 1. The van der Waals surface area contributed by atoms with Gasteiger partial charge in [-0.15, -0.1) is 0 Å². The molecule has 1 heterocycles. The number of ether oxygens (including phenoxy) is 1. The third-order valence-electron chi connectivity index (χ3n) is 4.22. The monoisotopic (exact) mass is 244 g/mol. The minimum Gasteiger partial charge on any atom is -0.495 e. The number of para-hydroxylation sites is 1. The van der Waals surface area contributed by atoms with Crippen molar-refractivity contribution in [3.05, 3.63) is 29.5 Å². The average molecular weight is 244 g/mol. The van der Waals surface area contributed by atoms with Crippen LogP contribution >= 0.6 is 0 Å². The normalized spacial score (nSPS) is 18.9. The molecule has 1 atom stereocenters. The number of methoxy groups -OCH3 is 1. The highest BCUT2D eigenvalue weighted by Crippen LogP contribution is 2.35. The molecule has 1 N–H and O–H groups in total. The molecular formula is C15H20N2O. The van der Waals surface area contributed by atoms with Crippen LogP contribution in [0.2, 0.25) is 0 Å². The van der Waals surface area contributed by atoms with Gasteiger partial charge in [0.1, 0.15) is 5.75 Å². The van der Waals surface area contributed by atoms with E-state index in [1.807, 2.05) is 6.07 Å². The van der Waals surface area contributed by atoms with Crippen molar-refractivity contribution in [2.75, 3.05) is 14.2 Å². The van der Waals surface area contributed by atoms with Gasteiger partial charge >= 0.3 is 0 Å². The lowest BCUT2D eigenvalue weighted by Crippen LogP contribution is -2.31. The van der Waals surface area contributed by atoms with Gasteiger partial charge in [0.15, 0.2) is 0 Å². The van der Waals surface area contributed by atoms with E-state index in [2.05, 4.69) is 36.1 Å². The fraction of sp³-hybridized carbons (Fsp3) is 0.467. The van der Waals surface area contributed by atoms with Gasteiger partial charge in [0.25, 0.3) is 0 Å². The molecule has 0 aliphatic heterocycles. The Hall–Kier alpha value is -1.48. The maximum atomic E-state index is 5.50. The molecule has 1 aromatic carbocycles. The number of fused-ring (bicyclic) bond motifs is 3. The van der Waals surface area contributed by atoms with Crippen LogP contribution < -0.4 is 10.1 Å². The van der Waals surface area contributed by atoms with E-state index >= 15 is 0 Å². The van der Waals surface area contributed by atoms with Crippen molar-refractivity contribution in [2.45, 2.75) is 25.3 Å². The maximum absolute atomic E-state index is 5.50. The van der Waals surface area contributed by atoms with Gasteiger partial charge in [-0.2, -0.15) is 0 Å². The predicted octanol–water partition coefficient (Wildman–Crippen LogP) is 2.26. The van der Waals surface area contributed by atoms with Gasteiger partial charge in [0.2, 0.25) is 0 Å². The topological polar surface area (TPSA) is 26.2 Å². The summed E-state index contributed by atoms with van der Waals surface area (Å²) in [6, 6.07) is 6.96. The van der Waals surface area contributed by atoms with Gasteiger partial charge in [0.05, 0.1) is 12.6 Å². The Bertz CT molecular complexity index is 586. The van der Waals surface area contributed by atoms with Gasteiger partial charge in [-0.3, -0.25) is 0 Å². The largest absolute Gasteiger partial charge is 0.495 e. The molecule has 18 heavy (non-hydrogen) atoms. The number of hydrogen-bond acceptors (Lipinski definition) is 2. The van der Waals surface area contributed by atoms with E-state index < -0.39 is 0 Å². The third kappa shape index (κ3) is 1.54. The van der Waals surface area contributed by atoms with Crippen LogP contribution in [0.5, 0.6) is 5.75 Å². The Balaban J connectivity index is 2.24. The smallest absolute Gasteiger partial charge is 0.143 e. The van der Waals surface area contributed by atoms with Crippen LogP contribution in [-0.4, -0.2) is 24.8 Å². The summed E-state index contributed by atoms with van der Waals surface area (Å²) in [6.45, 7) is 0.